The van der Waals surface area contributed by atoms with Crippen molar-refractivity contribution in [3.05, 3.63) is 78.1 Å². The molecule has 0 fully saturated rings. The van der Waals surface area contributed by atoms with Crippen LogP contribution in [-0.2, 0) is 0 Å². The maximum Gasteiger partial charge on any atom is 0.326 e. The molecule has 0 atom stereocenters. The van der Waals surface area contributed by atoms with Crippen molar-refractivity contribution < 1.29 is 23.1 Å². The first-order chi connectivity index (χ1) is 13.5. The van der Waals surface area contributed by atoms with Crippen molar-refractivity contribution in [3.8, 4) is 11.4 Å². The van der Waals surface area contributed by atoms with Crippen molar-refractivity contribution in [2.45, 2.75) is 6.92 Å². The molecule has 0 aliphatic carbocycles. The van der Waals surface area contributed by atoms with Gasteiger partial charge in [0.25, 0.3) is 5.91 Å². The van der Waals surface area contributed by atoms with Gasteiger partial charge in [0.05, 0.1) is 12.3 Å². The second-order valence-corrected chi connectivity index (χ2v) is 5.71. The fraction of sp³-hybridized carbons (Fsp3) is 0.100. The Kier molecular flexibility index (Phi) is 5.69. The van der Waals surface area contributed by atoms with Gasteiger partial charge in [0, 0.05) is 24.1 Å². The lowest BCUT2D eigenvalue weighted by molar-refractivity contribution is 0.0959. The summed E-state index contributed by atoms with van der Waals surface area (Å²) in [5, 5.41) is 4.35. The molecule has 3 rings (SSSR count). The number of nitrogens with zero attached hydrogens (tertiary/aromatic N) is 1. The molecule has 0 aliphatic heterocycles. The van der Waals surface area contributed by atoms with Gasteiger partial charge in [-0.05, 0) is 43.3 Å². The SMILES string of the molecule is CCOc1cc(NC(=O)NC(=O)c2c(F)cccc2F)ccc1-n1cccc1. The van der Waals surface area contributed by atoms with Gasteiger partial charge >= 0.3 is 6.03 Å². The van der Waals surface area contributed by atoms with Gasteiger partial charge in [-0.3, -0.25) is 10.1 Å². The maximum atomic E-state index is 13.6. The lowest BCUT2D eigenvalue weighted by Gasteiger charge is -2.14. The normalized spacial score (nSPS) is 10.4. The molecule has 0 spiro atoms. The zero-order valence-electron chi connectivity index (χ0n) is 14.9. The Hall–Kier alpha value is -3.68. The molecule has 28 heavy (non-hydrogen) atoms. The van der Waals surface area contributed by atoms with Gasteiger partial charge in [-0.15, -0.1) is 0 Å². The third-order valence-electron chi connectivity index (χ3n) is 3.82. The monoisotopic (exact) mass is 385 g/mol. The number of anilines is 1. The molecule has 0 aliphatic rings. The van der Waals surface area contributed by atoms with E-state index in [2.05, 4.69) is 5.32 Å². The summed E-state index contributed by atoms with van der Waals surface area (Å²) >= 11 is 0. The van der Waals surface area contributed by atoms with Crippen LogP contribution in [0.5, 0.6) is 5.75 Å². The molecular weight excluding hydrogens is 368 g/mol. The minimum Gasteiger partial charge on any atom is -0.492 e. The molecule has 0 radical (unpaired) electrons. The number of rotatable bonds is 5. The molecule has 8 heteroatoms. The van der Waals surface area contributed by atoms with E-state index in [0.717, 1.165) is 23.9 Å². The van der Waals surface area contributed by atoms with E-state index in [0.29, 0.717) is 18.0 Å². The molecule has 1 heterocycles. The first-order valence-electron chi connectivity index (χ1n) is 8.46. The van der Waals surface area contributed by atoms with Crippen molar-refractivity contribution in [2.24, 2.45) is 0 Å². The van der Waals surface area contributed by atoms with Crippen molar-refractivity contribution in [3.63, 3.8) is 0 Å². The van der Waals surface area contributed by atoms with Crippen LogP contribution in [0.3, 0.4) is 0 Å². The zero-order chi connectivity index (χ0) is 20.1. The van der Waals surface area contributed by atoms with Crippen LogP contribution in [0.2, 0.25) is 0 Å². The molecule has 0 saturated heterocycles. The number of carbonyl (C=O) groups excluding carboxylic acids is 2. The van der Waals surface area contributed by atoms with Gasteiger partial charge in [-0.25, -0.2) is 13.6 Å². The number of amides is 3. The number of aromatic nitrogens is 1. The molecular formula is C20H17F2N3O3. The Morgan fingerprint density at radius 2 is 1.71 bits per heavy atom. The number of benzene rings is 2. The fourth-order valence-electron chi connectivity index (χ4n) is 2.61. The van der Waals surface area contributed by atoms with E-state index in [1.54, 1.807) is 18.2 Å². The van der Waals surface area contributed by atoms with E-state index in [9.17, 15) is 18.4 Å². The predicted molar refractivity (Wildman–Crippen MR) is 99.8 cm³/mol. The quantitative estimate of drug-likeness (QED) is 0.694. The van der Waals surface area contributed by atoms with Gasteiger partial charge in [0.15, 0.2) is 0 Å². The van der Waals surface area contributed by atoms with E-state index >= 15 is 0 Å². The Morgan fingerprint density at radius 3 is 2.36 bits per heavy atom. The first kappa shape index (κ1) is 19.1. The van der Waals surface area contributed by atoms with Crippen LogP contribution >= 0.6 is 0 Å². The highest BCUT2D eigenvalue weighted by atomic mass is 19.1. The van der Waals surface area contributed by atoms with E-state index in [1.807, 2.05) is 41.3 Å². The number of ether oxygens (including phenoxy) is 1. The predicted octanol–water partition coefficient (Wildman–Crippen LogP) is 4.12. The van der Waals surface area contributed by atoms with Crippen LogP contribution in [0.15, 0.2) is 60.9 Å². The van der Waals surface area contributed by atoms with Crippen LogP contribution in [-0.4, -0.2) is 23.1 Å². The molecule has 3 aromatic rings. The molecule has 2 N–H and O–H groups in total. The Balaban J connectivity index is 1.75. The molecule has 3 amide bonds. The van der Waals surface area contributed by atoms with Crippen LogP contribution in [0, 0.1) is 11.6 Å². The molecule has 0 unspecified atom stereocenters. The molecule has 0 bridgehead atoms. The van der Waals surface area contributed by atoms with E-state index < -0.39 is 29.1 Å². The van der Waals surface area contributed by atoms with E-state index in [4.69, 9.17) is 4.74 Å². The van der Waals surface area contributed by atoms with E-state index in [-0.39, 0.29) is 0 Å². The van der Waals surface area contributed by atoms with Crippen molar-refractivity contribution in [2.75, 3.05) is 11.9 Å². The van der Waals surface area contributed by atoms with Crippen LogP contribution in [0.4, 0.5) is 19.3 Å². The zero-order valence-corrected chi connectivity index (χ0v) is 14.9. The second kappa shape index (κ2) is 8.34. The summed E-state index contributed by atoms with van der Waals surface area (Å²) in [4.78, 5) is 24.1. The Bertz CT molecular complexity index is 984. The molecule has 144 valence electrons. The second-order valence-electron chi connectivity index (χ2n) is 5.71. The van der Waals surface area contributed by atoms with Crippen LogP contribution < -0.4 is 15.4 Å². The standard InChI is InChI=1S/C20H17F2N3O3/c1-2-28-17-12-13(8-9-16(17)25-10-3-4-11-25)23-20(27)24-19(26)18-14(21)6-5-7-15(18)22/h3-12H,2H2,1H3,(H2,23,24,26,27). The number of imide groups is 1. The summed E-state index contributed by atoms with van der Waals surface area (Å²) in [7, 11) is 0. The van der Waals surface area contributed by atoms with E-state index in [1.165, 1.54) is 0 Å². The maximum absolute atomic E-state index is 13.6. The van der Waals surface area contributed by atoms with Gasteiger partial charge in [0.1, 0.15) is 22.9 Å². The number of urea groups is 1. The summed E-state index contributed by atoms with van der Waals surface area (Å²) in [6, 6.07) is 10.7. The highest BCUT2D eigenvalue weighted by Gasteiger charge is 2.19. The van der Waals surface area contributed by atoms with Crippen LogP contribution in [0.1, 0.15) is 17.3 Å². The average molecular weight is 385 g/mol. The molecule has 6 nitrogen and oxygen atoms in total. The van der Waals surface area contributed by atoms with Gasteiger partial charge in [0.2, 0.25) is 0 Å². The molecule has 0 saturated carbocycles. The number of hydrogen-bond acceptors (Lipinski definition) is 3. The van der Waals surface area contributed by atoms with Crippen molar-refractivity contribution in [1.82, 2.24) is 9.88 Å². The molecule has 2 aromatic carbocycles. The topological polar surface area (TPSA) is 72.4 Å². The third kappa shape index (κ3) is 4.17. The highest BCUT2D eigenvalue weighted by Crippen LogP contribution is 2.27. The van der Waals surface area contributed by atoms with Crippen molar-refractivity contribution in [1.29, 1.82) is 0 Å². The molecule has 1 aromatic heterocycles. The number of hydrogen-bond donors (Lipinski definition) is 2. The lowest BCUT2D eigenvalue weighted by atomic mass is 10.2. The highest BCUT2D eigenvalue weighted by molar-refractivity contribution is 6.08. The Morgan fingerprint density at radius 1 is 1.04 bits per heavy atom. The Labute approximate surface area is 159 Å². The minimum absolute atomic E-state index is 0.346. The summed E-state index contributed by atoms with van der Waals surface area (Å²) in [5.74, 6) is -2.77. The van der Waals surface area contributed by atoms with Crippen molar-refractivity contribution >= 4 is 17.6 Å². The third-order valence-corrected chi connectivity index (χ3v) is 3.82. The summed E-state index contributed by atoms with van der Waals surface area (Å²) in [5.41, 5.74) is 0.289. The average Bonchev–Trinajstić information content (AvgIpc) is 3.16. The summed E-state index contributed by atoms with van der Waals surface area (Å²) in [6.07, 6.45) is 3.69. The largest absolute Gasteiger partial charge is 0.492 e. The minimum atomic E-state index is -1.18. The van der Waals surface area contributed by atoms with Gasteiger partial charge in [-0.2, -0.15) is 0 Å². The smallest absolute Gasteiger partial charge is 0.326 e. The fourth-order valence-corrected chi connectivity index (χ4v) is 2.61. The summed E-state index contributed by atoms with van der Waals surface area (Å²) in [6.45, 7) is 2.24. The number of carbonyl (C=O) groups is 2. The number of nitrogens with one attached hydrogen (secondary N) is 2. The van der Waals surface area contributed by atoms with Gasteiger partial charge in [-0.1, -0.05) is 6.07 Å². The number of halogens is 2. The first-order valence-corrected chi connectivity index (χ1v) is 8.46. The van der Waals surface area contributed by atoms with Gasteiger partial charge < -0.3 is 14.6 Å². The lowest BCUT2D eigenvalue weighted by Crippen LogP contribution is -2.35. The summed E-state index contributed by atoms with van der Waals surface area (Å²) < 4.78 is 34.7. The van der Waals surface area contributed by atoms with Crippen LogP contribution in [0.25, 0.3) is 5.69 Å².